The van der Waals surface area contributed by atoms with E-state index >= 15 is 0 Å². The average molecular weight is 426 g/mol. The molecule has 0 saturated heterocycles. The van der Waals surface area contributed by atoms with Gasteiger partial charge in [-0.3, -0.25) is 0 Å². The van der Waals surface area contributed by atoms with Crippen molar-refractivity contribution in [2.45, 2.75) is 154 Å². The lowest BCUT2D eigenvalue weighted by atomic mass is 10.0. The summed E-state index contributed by atoms with van der Waals surface area (Å²) in [4.78, 5) is 0. The molecule has 3 heteroatoms. The molecular weight excluding hydrogens is 370 g/mol. The maximum absolute atomic E-state index is 9.61. The quantitative estimate of drug-likeness (QED) is 0.111. The highest BCUT2D eigenvalue weighted by Crippen LogP contribution is 2.15. The van der Waals surface area contributed by atoms with Gasteiger partial charge in [-0.2, -0.15) is 0 Å². The van der Waals surface area contributed by atoms with Crippen LogP contribution in [0.25, 0.3) is 0 Å². The van der Waals surface area contributed by atoms with E-state index < -0.39 is 12.1 Å². The van der Waals surface area contributed by atoms with E-state index in [1.807, 2.05) is 6.08 Å². The molecule has 0 spiro atoms. The second-order valence-electron chi connectivity index (χ2n) is 9.27. The summed E-state index contributed by atoms with van der Waals surface area (Å²) in [5.41, 5.74) is 5.56. The molecule has 3 nitrogen and oxygen atoms in total. The minimum Gasteiger partial charge on any atom is -0.395 e. The molecule has 0 saturated carbocycles. The number of aliphatic hydroxyl groups excluding tert-OH is 2. The van der Waals surface area contributed by atoms with Crippen molar-refractivity contribution >= 4 is 0 Å². The van der Waals surface area contributed by atoms with Crippen molar-refractivity contribution in [3.63, 3.8) is 0 Å². The molecular formula is C27H55NO2. The Morgan fingerprint density at radius 1 is 0.600 bits per heavy atom. The minimum absolute atomic E-state index is 0.176. The van der Waals surface area contributed by atoms with Gasteiger partial charge in [0.1, 0.15) is 0 Å². The van der Waals surface area contributed by atoms with Gasteiger partial charge in [-0.1, -0.05) is 141 Å². The number of nitrogens with two attached hydrogens (primary N) is 1. The molecule has 0 aliphatic heterocycles. The van der Waals surface area contributed by atoms with Crippen LogP contribution in [0.1, 0.15) is 142 Å². The fourth-order valence-corrected chi connectivity index (χ4v) is 4.00. The highest BCUT2D eigenvalue weighted by molar-refractivity contribution is 4.93. The molecule has 30 heavy (non-hydrogen) atoms. The Labute approximate surface area is 188 Å². The van der Waals surface area contributed by atoms with Gasteiger partial charge < -0.3 is 15.9 Å². The van der Waals surface area contributed by atoms with Gasteiger partial charge >= 0.3 is 0 Å². The molecule has 0 bridgehead atoms. The Bertz CT molecular complexity index is 346. The first kappa shape index (κ1) is 29.6. The third-order valence-electron chi connectivity index (χ3n) is 6.21. The molecule has 0 amide bonds. The van der Waals surface area contributed by atoms with Gasteiger partial charge in [0, 0.05) is 0 Å². The van der Waals surface area contributed by atoms with Crippen molar-refractivity contribution in [3.05, 3.63) is 12.2 Å². The standard InChI is InChI=1S/C27H55NO2/c1-2-3-4-5-6-7-8-9-10-11-12-13-14-15-16-17-18-19-20-21-22-23-24-27(30)26(28)25-29/h23-24,26-27,29-30H,2-22,25,28H2,1H3/b24-23+/t26-,27+/m0/s1. The Balaban J connectivity index is 3.12. The zero-order valence-electron chi connectivity index (χ0n) is 20.3. The highest BCUT2D eigenvalue weighted by Gasteiger charge is 2.08. The zero-order valence-corrected chi connectivity index (χ0v) is 20.3. The fourth-order valence-electron chi connectivity index (χ4n) is 4.00. The summed E-state index contributed by atoms with van der Waals surface area (Å²) < 4.78 is 0. The lowest BCUT2D eigenvalue weighted by Crippen LogP contribution is -2.36. The number of hydrogen-bond donors (Lipinski definition) is 3. The van der Waals surface area contributed by atoms with Gasteiger partial charge in [-0.25, -0.2) is 0 Å². The second kappa shape index (κ2) is 24.9. The number of hydrogen-bond acceptors (Lipinski definition) is 3. The maximum atomic E-state index is 9.61. The first-order valence-corrected chi connectivity index (χ1v) is 13.4. The fraction of sp³-hybridized carbons (Fsp3) is 0.926. The van der Waals surface area contributed by atoms with Gasteiger partial charge in [0.15, 0.2) is 0 Å². The van der Waals surface area contributed by atoms with Crippen molar-refractivity contribution in [1.29, 1.82) is 0 Å². The number of unbranched alkanes of at least 4 members (excludes halogenated alkanes) is 20. The van der Waals surface area contributed by atoms with Crippen molar-refractivity contribution in [3.8, 4) is 0 Å². The molecule has 2 atom stereocenters. The summed E-state index contributed by atoms with van der Waals surface area (Å²) >= 11 is 0. The first-order chi connectivity index (χ1) is 14.7. The van der Waals surface area contributed by atoms with Crippen LogP contribution in [0.3, 0.4) is 0 Å². The normalized spacial score (nSPS) is 13.9. The molecule has 0 fully saturated rings. The van der Waals surface area contributed by atoms with Crippen LogP contribution in [0.15, 0.2) is 12.2 Å². The van der Waals surface area contributed by atoms with Crippen LogP contribution in [-0.4, -0.2) is 29.0 Å². The SMILES string of the molecule is CCCCCCCCCCCCCCCCCCCCCC/C=C/[C@@H](O)[C@@H](N)CO. The third-order valence-corrected chi connectivity index (χ3v) is 6.21. The largest absolute Gasteiger partial charge is 0.395 e. The van der Waals surface area contributed by atoms with E-state index in [-0.39, 0.29) is 6.61 Å². The van der Waals surface area contributed by atoms with E-state index in [4.69, 9.17) is 10.8 Å². The summed E-state index contributed by atoms with van der Waals surface area (Å²) in [7, 11) is 0. The van der Waals surface area contributed by atoms with Gasteiger partial charge in [0.25, 0.3) is 0 Å². The van der Waals surface area contributed by atoms with E-state index in [0.717, 1.165) is 6.42 Å². The van der Waals surface area contributed by atoms with Crippen LogP contribution in [0.5, 0.6) is 0 Å². The summed E-state index contributed by atoms with van der Waals surface area (Å²) in [6.45, 7) is 2.11. The molecule has 0 aliphatic rings. The van der Waals surface area contributed by atoms with Gasteiger partial charge in [0.2, 0.25) is 0 Å². The topological polar surface area (TPSA) is 66.5 Å². The Kier molecular flexibility index (Phi) is 24.6. The first-order valence-electron chi connectivity index (χ1n) is 13.4. The van der Waals surface area contributed by atoms with E-state index in [1.54, 1.807) is 6.08 Å². The maximum Gasteiger partial charge on any atom is 0.0894 e. The molecule has 0 radical (unpaired) electrons. The lowest BCUT2D eigenvalue weighted by Gasteiger charge is -2.11. The van der Waals surface area contributed by atoms with Crippen LogP contribution >= 0.6 is 0 Å². The van der Waals surface area contributed by atoms with Gasteiger partial charge in [0.05, 0.1) is 18.8 Å². The summed E-state index contributed by atoms with van der Waals surface area (Å²) in [6, 6.07) is -0.559. The molecule has 0 aliphatic carbocycles. The molecule has 0 unspecified atom stereocenters. The van der Waals surface area contributed by atoms with E-state index in [2.05, 4.69) is 6.92 Å². The Morgan fingerprint density at radius 2 is 0.933 bits per heavy atom. The third kappa shape index (κ3) is 22.3. The van der Waals surface area contributed by atoms with Crippen LogP contribution in [0.4, 0.5) is 0 Å². The van der Waals surface area contributed by atoms with Crippen LogP contribution < -0.4 is 5.73 Å². The van der Waals surface area contributed by atoms with Gasteiger partial charge in [-0.05, 0) is 12.8 Å². The van der Waals surface area contributed by atoms with Crippen molar-refractivity contribution < 1.29 is 10.2 Å². The lowest BCUT2D eigenvalue weighted by molar-refractivity contribution is 0.144. The van der Waals surface area contributed by atoms with Crippen molar-refractivity contribution in [1.82, 2.24) is 0 Å². The predicted molar refractivity (Wildman–Crippen MR) is 133 cm³/mol. The van der Waals surface area contributed by atoms with Gasteiger partial charge in [-0.15, -0.1) is 0 Å². The van der Waals surface area contributed by atoms with Crippen molar-refractivity contribution in [2.24, 2.45) is 5.73 Å². The molecule has 0 heterocycles. The molecule has 0 aromatic heterocycles. The van der Waals surface area contributed by atoms with E-state index in [9.17, 15) is 5.11 Å². The number of aliphatic hydroxyl groups is 2. The highest BCUT2D eigenvalue weighted by atomic mass is 16.3. The molecule has 0 aromatic rings. The summed E-state index contributed by atoms with van der Waals surface area (Å²) in [5.74, 6) is 0. The predicted octanol–water partition coefficient (Wildman–Crippen LogP) is 7.44. The van der Waals surface area contributed by atoms with Crippen LogP contribution in [0, 0.1) is 0 Å². The summed E-state index contributed by atoms with van der Waals surface area (Å²) in [6.07, 6.45) is 32.1. The van der Waals surface area contributed by atoms with E-state index in [1.165, 1.54) is 128 Å². The Morgan fingerprint density at radius 3 is 1.27 bits per heavy atom. The van der Waals surface area contributed by atoms with Crippen molar-refractivity contribution in [2.75, 3.05) is 6.61 Å². The number of allylic oxidation sites excluding steroid dienone is 1. The minimum atomic E-state index is -0.722. The zero-order chi connectivity index (χ0) is 22.1. The second-order valence-corrected chi connectivity index (χ2v) is 9.27. The monoisotopic (exact) mass is 425 g/mol. The number of rotatable bonds is 24. The smallest absolute Gasteiger partial charge is 0.0894 e. The van der Waals surface area contributed by atoms with Crippen LogP contribution in [0.2, 0.25) is 0 Å². The molecule has 0 aromatic carbocycles. The average Bonchev–Trinajstić information content (AvgIpc) is 2.76. The molecule has 4 N–H and O–H groups in total. The summed E-state index contributed by atoms with van der Waals surface area (Å²) in [5, 5.41) is 18.5. The Hall–Kier alpha value is -0.380. The van der Waals surface area contributed by atoms with Crippen LogP contribution in [-0.2, 0) is 0 Å². The molecule has 0 rings (SSSR count). The van der Waals surface area contributed by atoms with E-state index in [0.29, 0.717) is 0 Å². The molecule has 180 valence electrons.